The first kappa shape index (κ1) is 18.2. The molecule has 0 radical (unpaired) electrons. The summed E-state index contributed by atoms with van der Waals surface area (Å²) >= 11 is 0. The van der Waals surface area contributed by atoms with E-state index in [0.717, 1.165) is 18.8 Å². The lowest BCUT2D eigenvalue weighted by Crippen LogP contribution is -2.10. The molecule has 0 aromatic heterocycles. The Hall–Kier alpha value is -2.15. The van der Waals surface area contributed by atoms with Gasteiger partial charge in [-0.2, -0.15) is 0 Å². The SMILES string of the molecule is C=CC1=C(C=C)C2=C(C1)CC(CCCCC1C(=O)Cc3ccccc31)CC2.[HH]. The van der Waals surface area contributed by atoms with Crippen molar-refractivity contribution >= 4 is 5.78 Å². The average Bonchev–Trinajstić information content (AvgIpc) is 3.21. The van der Waals surface area contributed by atoms with Gasteiger partial charge >= 0.3 is 0 Å². The van der Waals surface area contributed by atoms with Gasteiger partial charge in [0.25, 0.3) is 0 Å². The molecule has 3 aliphatic carbocycles. The fourth-order valence-corrected chi connectivity index (χ4v) is 5.42. The average molecular weight is 361 g/mol. The molecule has 0 aliphatic heterocycles. The Balaban J connectivity index is 0.00000225. The van der Waals surface area contributed by atoms with Crippen LogP contribution in [0.3, 0.4) is 0 Å². The molecule has 1 heteroatoms. The van der Waals surface area contributed by atoms with Gasteiger partial charge in [0.1, 0.15) is 5.78 Å². The van der Waals surface area contributed by atoms with E-state index in [2.05, 4.69) is 31.4 Å². The highest BCUT2D eigenvalue weighted by Gasteiger charge is 2.30. The molecule has 3 aliphatic rings. The number of Topliss-reactive ketones (excluding diaryl/α,β-unsaturated/α-hetero) is 1. The molecule has 2 atom stereocenters. The molecule has 142 valence electrons. The summed E-state index contributed by atoms with van der Waals surface area (Å²) in [4.78, 5) is 12.3. The van der Waals surface area contributed by atoms with Crippen molar-refractivity contribution in [3.63, 3.8) is 0 Å². The monoisotopic (exact) mass is 360 g/mol. The van der Waals surface area contributed by atoms with Crippen molar-refractivity contribution in [2.45, 2.75) is 63.7 Å². The summed E-state index contributed by atoms with van der Waals surface area (Å²) in [7, 11) is 0. The minimum absolute atomic E-state index is 0. The number of carbonyl (C=O) groups excluding carboxylic acids is 1. The van der Waals surface area contributed by atoms with E-state index in [0.29, 0.717) is 12.2 Å². The van der Waals surface area contributed by atoms with E-state index in [9.17, 15) is 4.79 Å². The van der Waals surface area contributed by atoms with Crippen LogP contribution in [0.15, 0.2) is 71.9 Å². The van der Waals surface area contributed by atoms with Crippen molar-refractivity contribution in [1.29, 1.82) is 0 Å². The maximum Gasteiger partial charge on any atom is 0.144 e. The van der Waals surface area contributed by atoms with Gasteiger partial charge in [-0.15, -0.1) is 0 Å². The van der Waals surface area contributed by atoms with Crippen LogP contribution < -0.4 is 0 Å². The van der Waals surface area contributed by atoms with Gasteiger partial charge in [0.15, 0.2) is 0 Å². The Bertz CT molecular complexity index is 842. The lowest BCUT2D eigenvalue weighted by Gasteiger charge is -2.25. The molecule has 1 aromatic carbocycles. The zero-order chi connectivity index (χ0) is 18.8. The molecule has 0 bridgehead atoms. The lowest BCUT2D eigenvalue weighted by atomic mass is 9.80. The van der Waals surface area contributed by atoms with Gasteiger partial charge in [0.05, 0.1) is 0 Å². The van der Waals surface area contributed by atoms with Crippen molar-refractivity contribution in [2.24, 2.45) is 5.92 Å². The summed E-state index contributed by atoms with van der Waals surface area (Å²) in [6.07, 6.45) is 14.3. The maximum atomic E-state index is 12.3. The number of hydrogen-bond acceptors (Lipinski definition) is 1. The van der Waals surface area contributed by atoms with Crippen LogP contribution in [0.4, 0.5) is 0 Å². The predicted molar refractivity (Wildman–Crippen MR) is 115 cm³/mol. The van der Waals surface area contributed by atoms with Crippen LogP contribution in [-0.4, -0.2) is 5.78 Å². The summed E-state index contributed by atoms with van der Waals surface area (Å²) < 4.78 is 0. The molecule has 0 saturated heterocycles. The summed E-state index contributed by atoms with van der Waals surface area (Å²) in [5.41, 5.74) is 8.47. The molecule has 0 spiro atoms. The first-order valence-corrected chi connectivity index (χ1v) is 10.5. The van der Waals surface area contributed by atoms with E-state index in [1.54, 1.807) is 11.1 Å². The van der Waals surface area contributed by atoms with Crippen LogP contribution in [0, 0.1) is 5.92 Å². The molecular formula is C26H32O. The number of benzene rings is 1. The molecule has 1 nitrogen and oxygen atoms in total. The summed E-state index contributed by atoms with van der Waals surface area (Å²) in [6, 6.07) is 8.39. The van der Waals surface area contributed by atoms with Crippen molar-refractivity contribution in [2.75, 3.05) is 0 Å². The van der Waals surface area contributed by atoms with Crippen LogP contribution in [-0.2, 0) is 11.2 Å². The number of allylic oxidation sites excluding steroid dienone is 6. The summed E-state index contributed by atoms with van der Waals surface area (Å²) in [6.45, 7) is 7.98. The number of fused-ring (bicyclic) bond motifs is 1. The van der Waals surface area contributed by atoms with Gasteiger partial charge in [-0.05, 0) is 65.9 Å². The Morgan fingerprint density at radius 1 is 1.07 bits per heavy atom. The maximum absolute atomic E-state index is 12.3. The highest BCUT2D eigenvalue weighted by Crippen LogP contribution is 2.45. The van der Waals surface area contributed by atoms with Gasteiger partial charge < -0.3 is 0 Å². The van der Waals surface area contributed by atoms with Gasteiger partial charge in [-0.3, -0.25) is 4.79 Å². The molecule has 1 aromatic rings. The van der Waals surface area contributed by atoms with Crippen molar-refractivity contribution < 1.29 is 6.22 Å². The van der Waals surface area contributed by atoms with Crippen molar-refractivity contribution in [3.8, 4) is 0 Å². The van der Waals surface area contributed by atoms with Gasteiger partial charge in [-0.25, -0.2) is 0 Å². The molecule has 0 amide bonds. The quantitative estimate of drug-likeness (QED) is 0.485. The number of hydrogen-bond donors (Lipinski definition) is 0. The first-order chi connectivity index (χ1) is 13.2. The third-order valence-corrected chi connectivity index (χ3v) is 6.83. The van der Waals surface area contributed by atoms with E-state index in [4.69, 9.17) is 0 Å². The van der Waals surface area contributed by atoms with Crippen molar-refractivity contribution in [3.05, 3.63) is 83.0 Å². The number of ketones is 1. The number of rotatable bonds is 7. The third-order valence-electron chi connectivity index (χ3n) is 6.83. The zero-order valence-electron chi connectivity index (χ0n) is 16.3. The number of carbonyl (C=O) groups is 1. The molecule has 0 saturated carbocycles. The Morgan fingerprint density at radius 3 is 2.70 bits per heavy atom. The fourth-order valence-electron chi connectivity index (χ4n) is 5.42. The van der Waals surface area contributed by atoms with Crippen LogP contribution in [0.2, 0.25) is 0 Å². The highest BCUT2D eigenvalue weighted by atomic mass is 16.1. The molecular weight excluding hydrogens is 328 g/mol. The Labute approximate surface area is 165 Å². The van der Waals surface area contributed by atoms with Crippen LogP contribution in [0.25, 0.3) is 0 Å². The number of unbranched alkanes of at least 4 members (excludes halogenated alkanes) is 1. The second-order valence-electron chi connectivity index (χ2n) is 8.39. The molecule has 0 N–H and O–H groups in total. The standard InChI is InChI=1S/C26H30O.H2/c1-3-19-16-21-15-18(13-14-24(21)22(19)4-2)9-5-7-12-25-23-11-8-6-10-20(23)17-26(25)27;/h3-4,6,8,10-11,18,25H,1-2,5,7,9,12-17H2;1H. The van der Waals surface area contributed by atoms with Crippen LogP contribution in [0.1, 0.15) is 69.8 Å². The molecule has 27 heavy (non-hydrogen) atoms. The lowest BCUT2D eigenvalue weighted by molar-refractivity contribution is -0.119. The Morgan fingerprint density at radius 2 is 1.89 bits per heavy atom. The topological polar surface area (TPSA) is 17.1 Å². The summed E-state index contributed by atoms with van der Waals surface area (Å²) in [5, 5.41) is 0. The van der Waals surface area contributed by atoms with E-state index >= 15 is 0 Å². The predicted octanol–water partition coefficient (Wildman–Crippen LogP) is 6.87. The summed E-state index contributed by atoms with van der Waals surface area (Å²) in [5.74, 6) is 1.39. The van der Waals surface area contributed by atoms with Gasteiger partial charge in [-0.1, -0.05) is 74.4 Å². The Kier molecular flexibility index (Phi) is 5.29. The van der Waals surface area contributed by atoms with Gasteiger partial charge in [0.2, 0.25) is 0 Å². The van der Waals surface area contributed by atoms with E-state index < -0.39 is 0 Å². The second-order valence-corrected chi connectivity index (χ2v) is 8.39. The van der Waals surface area contributed by atoms with Gasteiger partial charge in [0, 0.05) is 13.8 Å². The molecule has 0 heterocycles. The van der Waals surface area contributed by atoms with E-state index in [-0.39, 0.29) is 7.34 Å². The highest BCUT2D eigenvalue weighted by molar-refractivity contribution is 5.92. The smallest absolute Gasteiger partial charge is 0.144 e. The largest absolute Gasteiger partial charge is 0.299 e. The van der Waals surface area contributed by atoms with Crippen molar-refractivity contribution in [1.82, 2.24) is 0 Å². The van der Waals surface area contributed by atoms with Crippen LogP contribution >= 0.6 is 0 Å². The van der Waals surface area contributed by atoms with E-state index in [1.165, 1.54) is 60.8 Å². The zero-order valence-corrected chi connectivity index (χ0v) is 16.3. The third kappa shape index (κ3) is 3.52. The van der Waals surface area contributed by atoms with E-state index in [1.807, 2.05) is 18.2 Å². The first-order valence-electron chi connectivity index (χ1n) is 10.5. The van der Waals surface area contributed by atoms with Crippen LogP contribution in [0.5, 0.6) is 0 Å². The normalized spacial score (nSPS) is 24.2. The fraction of sp³-hybridized carbons (Fsp3) is 0.423. The second kappa shape index (κ2) is 7.84. The molecule has 4 rings (SSSR count). The minimum Gasteiger partial charge on any atom is -0.299 e. The minimum atomic E-state index is 0. The molecule has 2 unspecified atom stereocenters. The molecule has 0 fully saturated rings.